The zero-order valence-electron chi connectivity index (χ0n) is 12.8. The molecule has 1 unspecified atom stereocenters. The van der Waals surface area contributed by atoms with Gasteiger partial charge in [0.05, 0.1) is 5.41 Å². The number of Topliss-reactive ketones (excluding diaryl/α,β-unsaturated/α-hetero) is 1. The number of ether oxygens (including phenoxy) is 1. The molecule has 2 fully saturated rings. The average molecular weight is 272 g/mol. The molecule has 1 atom stereocenters. The molecule has 0 bridgehead atoms. The molecule has 3 rings (SSSR count). The summed E-state index contributed by atoms with van der Waals surface area (Å²) < 4.78 is 6.29. The highest BCUT2D eigenvalue weighted by atomic mass is 16.5. The lowest BCUT2D eigenvalue weighted by atomic mass is 9.57. The van der Waals surface area contributed by atoms with Crippen LogP contribution in [0.4, 0.5) is 0 Å². The second-order valence-electron chi connectivity index (χ2n) is 6.66. The van der Waals surface area contributed by atoms with E-state index in [0.29, 0.717) is 12.2 Å². The van der Waals surface area contributed by atoms with Crippen molar-refractivity contribution < 1.29 is 9.53 Å². The molecule has 20 heavy (non-hydrogen) atoms. The molecule has 2 aliphatic carbocycles. The Morgan fingerprint density at radius 2 is 1.80 bits per heavy atom. The van der Waals surface area contributed by atoms with Crippen molar-refractivity contribution in [1.29, 1.82) is 0 Å². The molecule has 2 nitrogen and oxygen atoms in total. The molecule has 0 radical (unpaired) electrons. The Morgan fingerprint density at radius 3 is 2.45 bits per heavy atom. The molecule has 0 aliphatic heterocycles. The Labute approximate surface area is 121 Å². The first-order valence-electron chi connectivity index (χ1n) is 7.81. The van der Waals surface area contributed by atoms with Gasteiger partial charge in [-0.2, -0.15) is 0 Å². The van der Waals surface area contributed by atoms with E-state index in [4.69, 9.17) is 4.74 Å². The highest BCUT2D eigenvalue weighted by molar-refractivity contribution is 5.92. The van der Waals surface area contributed by atoms with Gasteiger partial charge in [-0.05, 0) is 56.4 Å². The number of carbonyl (C=O) groups excluding carboxylic acids is 1. The number of rotatable bonds is 2. The van der Waals surface area contributed by atoms with Crippen molar-refractivity contribution in [3.63, 3.8) is 0 Å². The van der Waals surface area contributed by atoms with Crippen molar-refractivity contribution in [2.24, 2.45) is 5.41 Å². The summed E-state index contributed by atoms with van der Waals surface area (Å²) in [5.74, 6) is 1.41. The van der Waals surface area contributed by atoms with Gasteiger partial charge in [0, 0.05) is 6.42 Å². The van der Waals surface area contributed by atoms with Gasteiger partial charge >= 0.3 is 0 Å². The smallest absolute Gasteiger partial charge is 0.146 e. The monoisotopic (exact) mass is 272 g/mol. The molecular weight excluding hydrogens is 248 g/mol. The van der Waals surface area contributed by atoms with Crippen LogP contribution in [0, 0.1) is 26.2 Å². The highest BCUT2D eigenvalue weighted by Crippen LogP contribution is 2.50. The molecule has 0 aromatic heterocycles. The predicted octanol–water partition coefficient (Wildman–Crippen LogP) is 4.28. The summed E-state index contributed by atoms with van der Waals surface area (Å²) in [6, 6.07) is 4.30. The maximum Gasteiger partial charge on any atom is 0.146 e. The third kappa shape index (κ3) is 2.06. The number of hydrogen-bond donors (Lipinski definition) is 0. The second kappa shape index (κ2) is 4.91. The second-order valence-corrected chi connectivity index (χ2v) is 6.66. The minimum absolute atomic E-state index is 0.107. The molecule has 0 heterocycles. The van der Waals surface area contributed by atoms with Crippen molar-refractivity contribution in [3.8, 4) is 5.75 Å². The van der Waals surface area contributed by atoms with Gasteiger partial charge in [0.2, 0.25) is 0 Å². The van der Waals surface area contributed by atoms with Gasteiger partial charge in [-0.3, -0.25) is 4.79 Å². The Bertz CT molecular complexity index is 539. The summed E-state index contributed by atoms with van der Waals surface area (Å²) in [7, 11) is 0. The van der Waals surface area contributed by atoms with Crippen LogP contribution >= 0.6 is 0 Å². The van der Waals surface area contributed by atoms with Crippen LogP contribution in [0.2, 0.25) is 0 Å². The minimum Gasteiger partial charge on any atom is -0.489 e. The van der Waals surface area contributed by atoms with E-state index in [2.05, 4.69) is 32.9 Å². The first-order valence-corrected chi connectivity index (χ1v) is 7.81. The van der Waals surface area contributed by atoms with E-state index in [1.807, 2.05) is 0 Å². The number of aryl methyl sites for hydroxylation is 2. The van der Waals surface area contributed by atoms with Crippen molar-refractivity contribution in [2.75, 3.05) is 0 Å². The lowest BCUT2D eigenvalue weighted by Crippen LogP contribution is -2.57. The average Bonchev–Trinajstić information content (AvgIpc) is 2.44. The van der Waals surface area contributed by atoms with E-state index < -0.39 is 0 Å². The van der Waals surface area contributed by atoms with Crippen LogP contribution in [0.3, 0.4) is 0 Å². The van der Waals surface area contributed by atoms with Crippen molar-refractivity contribution in [1.82, 2.24) is 0 Å². The van der Waals surface area contributed by atoms with Gasteiger partial charge in [0.15, 0.2) is 0 Å². The van der Waals surface area contributed by atoms with Crippen molar-refractivity contribution in [3.05, 3.63) is 28.8 Å². The normalized spacial score (nSPS) is 24.6. The largest absolute Gasteiger partial charge is 0.489 e. The summed E-state index contributed by atoms with van der Waals surface area (Å²) in [5, 5.41) is 0. The van der Waals surface area contributed by atoms with Gasteiger partial charge < -0.3 is 4.74 Å². The third-order valence-corrected chi connectivity index (χ3v) is 5.32. The summed E-state index contributed by atoms with van der Waals surface area (Å²) >= 11 is 0. The van der Waals surface area contributed by atoms with Gasteiger partial charge in [0.25, 0.3) is 0 Å². The molecule has 1 aromatic rings. The summed E-state index contributed by atoms with van der Waals surface area (Å²) in [6.45, 7) is 6.33. The summed E-state index contributed by atoms with van der Waals surface area (Å²) in [6.07, 6.45) is 6.39. The fourth-order valence-electron chi connectivity index (χ4n) is 3.83. The maximum absolute atomic E-state index is 12.1. The Morgan fingerprint density at radius 1 is 1.10 bits per heavy atom. The van der Waals surface area contributed by atoms with Gasteiger partial charge in [0.1, 0.15) is 17.6 Å². The third-order valence-electron chi connectivity index (χ3n) is 5.32. The lowest BCUT2D eigenvalue weighted by molar-refractivity contribution is -0.156. The van der Waals surface area contributed by atoms with E-state index >= 15 is 0 Å². The van der Waals surface area contributed by atoms with Crippen LogP contribution in [0.5, 0.6) is 5.75 Å². The molecule has 2 heteroatoms. The molecule has 0 N–H and O–H groups in total. The molecule has 0 saturated heterocycles. The van der Waals surface area contributed by atoms with Gasteiger partial charge in [-0.15, -0.1) is 0 Å². The van der Waals surface area contributed by atoms with Crippen LogP contribution in [-0.4, -0.2) is 11.9 Å². The highest BCUT2D eigenvalue weighted by Gasteiger charge is 2.56. The fourth-order valence-corrected chi connectivity index (χ4v) is 3.83. The SMILES string of the molecule is Cc1cc(C)c(C)c(OC2CC(=O)C23CCCCC3)c1. The maximum atomic E-state index is 12.1. The van der Waals surface area contributed by atoms with Crippen LogP contribution in [0.25, 0.3) is 0 Å². The zero-order valence-corrected chi connectivity index (χ0v) is 12.8. The fraction of sp³-hybridized carbons (Fsp3) is 0.611. The summed E-state index contributed by atoms with van der Waals surface area (Å²) in [5.41, 5.74) is 3.55. The Hall–Kier alpha value is -1.31. The molecule has 1 spiro atoms. The first kappa shape index (κ1) is 13.7. The van der Waals surface area contributed by atoms with Crippen LogP contribution < -0.4 is 4.74 Å². The number of benzene rings is 1. The zero-order chi connectivity index (χ0) is 14.3. The number of hydrogen-bond acceptors (Lipinski definition) is 2. The Kier molecular flexibility index (Phi) is 3.35. The molecular formula is C18H24O2. The molecule has 2 aliphatic rings. The van der Waals surface area contributed by atoms with E-state index in [9.17, 15) is 4.79 Å². The minimum atomic E-state index is -0.150. The predicted molar refractivity (Wildman–Crippen MR) is 80.2 cm³/mol. The van der Waals surface area contributed by atoms with Crippen molar-refractivity contribution in [2.45, 2.75) is 65.4 Å². The summed E-state index contributed by atoms with van der Waals surface area (Å²) in [4.78, 5) is 12.1. The van der Waals surface area contributed by atoms with Gasteiger partial charge in [-0.25, -0.2) is 0 Å². The van der Waals surface area contributed by atoms with E-state index in [0.717, 1.165) is 18.6 Å². The van der Waals surface area contributed by atoms with Crippen LogP contribution in [0.15, 0.2) is 12.1 Å². The molecule has 0 amide bonds. The lowest BCUT2D eigenvalue weighted by Gasteiger charge is -2.49. The van der Waals surface area contributed by atoms with E-state index in [-0.39, 0.29) is 11.5 Å². The standard InChI is InChI=1S/C18H24O2/c1-12-9-13(2)14(3)15(10-12)20-17-11-16(19)18(17)7-5-4-6-8-18/h9-10,17H,4-8,11H2,1-3H3. The van der Waals surface area contributed by atoms with Crippen molar-refractivity contribution >= 4 is 5.78 Å². The quantitative estimate of drug-likeness (QED) is 0.803. The molecule has 108 valence electrons. The number of carbonyl (C=O) groups is 1. The van der Waals surface area contributed by atoms with Gasteiger partial charge in [-0.1, -0.05) is 25.3 Å². The van der Waals surface area contributed by atoms with Crippen LogP contribution in [0.1, 0.15) is 55.2 Å². The van der Waals surface area contributed by atoms with Crippen LogP contribution in [-0.2, 0) is 4.79 Å². The molecule has 2 saturated carbocycles. The van der Waals surface area contributed by atoms with E-state index in [1.54, 1.807) is 0 Å². The molecule has 1 aromatic carbocycles. The number of ketones is 1. The topological polar surface area (TPSA) is 26.3 Å². The van der Waals surface area contributed by atoms with E-state index in [1.165, 1.54) is 36.0 Å². The Balaban J connectivity index is 1.83. The first-order chi connectivity index (χ1) is 9.53.